The summed E-state index contributed by atoms with van der Waals surface area (Å²) in [6, 6.07) is 5.47. The molecule has 1 aliphatic carbocycles. The van der Waals surface area contributed by atoms with Gasteiger partial charge < -0.3 is 5.32 Å². The van der Waals surface area contributed by atoms with Crippen molar-refractivity contribution in [3.8, 4) is 0 Å². The molecule has 1 aliphatic rings. The summed E-state index contributed by atoms with van der Waals surface area (Å²) in [6.45, 7) is 2.18. The Kier molecular flexibility index (Phi) is 4.00. The van der Waals surface area contributed by atoms with Crippen LogP contribution in [-0.2, 0) is 0 Å². The molecule has 4 heteroatoms. The van der Waals surface area contributed by atoms with Crippen LogP contribution in [0.5, 0.6) is 0 Å². The van der Waals surface area contributed by atoms with Gasteiger partial charge in [0, 0.05) is 10.9 Å². The highest BCUT2D eigenvalue weighted by Gasteiger charge is 2.25. The van der Waals surface area contributed by atoms with E-state index in [4.69, 9.17) is 11.6 Å². The minimum absolute atomic E-state index is 0.0929. The van der Waals surface area contributed by atoms with Crippen molar-refractivity contribution in [1.29, 1.82) is 0 Å². The van der Waals surface area contributed by atoms with Crippen molar-refractivity contribution in [2.45, 2.75) is 37.1 Å². The SMILES string of the molecule is CC1CCCC1NC(=O)c1cc(S)ccc1Cl. The van der Waals surface area contributed by atoms with E-state index in [-0.39, 0.29) is 11.9 Å². The fourth-order valence-electron chi connectivity index (χ4n) is 2.29. The van der Waals surface area contributed by atoms with E-state index in [1.54, 1.807) is 18.2 Å². The Morgan fingerprint density at radius 3 is 2.88 bits per heavy atom. The number of carbonyl (C=O) groups is 1. The Balaban J connectivity index is 2.11. The molecule has 0 bridgehead atoms. The first-order valence-electron chi connectivity index (χ1n) is 5.87. The molecule has 1 saturated carbocycles. The lowest BCUT2D eigenvalue weighted by atomic mass is 10.1. The standard InChI is InChI=1S/C13H16ClNOS/c1-8-3-2-4-12(8)15-13(16)10-7-9(17)5-6-11(10)14/h5-8,12,17H,2-4H2,1H3,(H,15,16). The summed E-state index contributed by atoms with van der Waals surface area (Å²) in [7, 11) is 0. The molecule has 2 rings (SSSR count). The topological polar surface area (TPSA) is 29.1 Å². The van der Waals surface area contributed by atoms with Gasteiger partial charge in [-0.15, -0.1) is 12.6 Å². The van der Waals surface area contributed by atoms with Crippen LogP contribution in [0, 0.1) is 5.92 Å². The molecule has 1 N–H and O–H groups in total. The minimum atomic E-state index is -0.0929. The summed E-state index contributed by atoms with van der Waals surface area (Å²) in [5.74, 6) is 0.460. The molecule has 2 atom stereocenters. The highest BCUT2D eigenvalue weighted by Crippen LogP contribution is 2.26. The quantitative estimate of drug-likeness (QED) is 0.790. The van der Waals surface area contributed by atoms with E-state index in [0.29, 0.717) is 16.5 Å². The number of thiol groups is 1. The van der Waals surface area contributed by atoms with Crippen LogP contribution in [-0.4, -0.2) is 11.9 Å². The van der Waals surface area contributed by atoms with Crippen LogP contribution in [0.2, 0.25) is 5.02 Å². The molecule has 2 unspecified atom stereocenters. The first kappa shape index (κ1) is 12.8. The maximum absolute atomic E-state index is 12.1. The molecule has 0 heterocycles. The van der Waals surface area contributed by atoms with Crippen LogP contribution in [0.25, 0.3) is 0 Å². The van der Waals surface area contributed by atoms with E-state index >= 15 is 0 Å². The van der Waals surface area contributed by atoms with Gasteiger partial charge in [0.15, 0.2) is 0 Å². The molecule has 0 saturated heterocycles. The van der Waals surface area contributed by atoms with E-state index in [2.05, 4.69) is 24.9 Å². The zero-order valence-corrected chi connectivity index (χ0v) is 11.4. The molecule has 1 amide bonds. The number of benzene rings is 1. The maximum Gasteiger partial charge on any atom is 0.253 e. The lowest BCUT2D eigenvalue weighted by molar-refractivity contribution is 0.0929. The average molecular weight is 270 g/mol. The normalized spacial score (nSPS) is 23.7. The summed E-state index contributed by atoms with van der Waals surface area (Å²) in [6.07, 6.45) is 3.43. The van der Waals surface area contributed by atoms with E-state index in [1.807, 2.05) is 0 Å². The maximum atomic E-state index is 12.1. The number of rotatable bonds is 2. The lowest BCUT2D eigenvalue weighted by Gasteiger charge is -2.17. The van der Waals surface area contributed by atoms with Gasteiger partial charge in [0.2, 0.25) is 0 Å². The van der Waals surface area contributed by atoms with Gasteiger partial charge in [-0.2, -0.15) is 0 Å². The van der Waals surface area contributed by atoms with Crippen molar-refractivity contribution in [2.24, 2.45) is 5.92 Å². The van der Waals surface area contributed by atoms with Crippen LogP contribution in [0.15, 0.2) is 23.1 Å². The van der Waals surface area contributed by atoms with Crippen molar-refractivity contribution < 1.29 is 4.79 Å². The molecule has 0 aromatic heterocycles. The molecule has 0 radical (unpaired) electrons. The summed E-state index contributed by atoms with van der Waals surface area (Å²) in [5.41, 5.74) is 0.512. The second-order valence-corrected chi connectivity index (χ2v) is 5.58. The van der Waals surface area contributed by atoms with Crippen molar-refractivity contribution in [2.75, 3.05) is 0 Å². The zero-order chi connectivity index (χ0) is 12.4. The first-order chi connectivity index (χ1) is 8.08. The molecule has 2 nitrogen and oxygen atoms in total. The number of hydrogen-bond acceptors (Lipinski definition) is 2. The van der Waals surface area contributed by atoms with Gasteiger partial charge in [-0.25, -0.2) is 0 Å². The Morgan fingerprint density at radius 2 is 2.24 bits per heavy atom. The number of hydrogen-bond donors (Lipinski definition) is 2. The molecule has 1 aromatic rings. The fourth-order valence-corrected chi connectivity index (χ4v) is 2.70. The number of amides is 1. The van der Waals surface area contributed by atoms with Crippen LogP contribution in [0.4, 0.5) is 0 Å². The summed E-state index contributed by atoms with van der Waals surface area (Å²) < 4.78 is 0. The van der Waals surface area contributed by atoms with Gasteiger partial charge >= 0.3 is 0 Å². The van der Waals surface area contributed by atoms with E-state index in [1.165, 1.54) is 12.8 Å². The smallest absolute Gasteiger partial charge is 0.253 e. The highest BCUT2D eigenvalue weighted by molar-refractivity contribution is 7.80. The molecule has 0 spiro atoms. The van der Waals surface area contributed by atoms with Gasteiger partial charge in [-0.3, -0.25) is 4.79 Å². The number of carbonyl (C=O) groups excluding carboxylic acids is 1. The van der Waals surface area contributed by atoms with Crippen molar-refractivity contribution in [3.63, 3.8) is 0 Å². The minimum Gasteiger partial charge on any atom is -0.349 e. The zero-order valence-electron chi connectivity index (χ0n) is 9.74. The molecule has 1 aromatic carbocycles. The largest absolute Gasteiger partial charge is 0.349 e. The molecular formula is C13H16ClNOS. The van der Waals surface area contributed by atoms with Gasteiger partial charge in [-0.1, -0.05) is 24.9 Å². The predicted molar refractivity (Wildman–Crippen MR) is 73.0 cm³/mol. The van der Waals surface area contributed by atoms with Crippen molar-refractivity contribution in [1.82, 2.24) is 5.32 Å². The van der Waals surface area contributed by atoms with Gasteiger partial charge in [-0.05, 0) is 37.0 Å². The second-order valence-electron chi connectivity index (χ2n) is 4.65. The summed E-state index contributed by atoms with van der Waals surface area (Å²) >= 11 is 10.2. The third-order valence-corrected chi connectivity index (χ3v) is 3.98. The van der Waals surface area contributed by atoms with Crippen LogP contribution >= 0.6 is 24.2 Å². The van der Waals surface area contributed by atoms with Gasteiger partial charge in [0.1, 0.15) is 0 Å². The van der Waals surface area contributed by atoms with E-state index < -0.39 is 0 Å². The number of halogens is 1. The molecular weight excluding hydrogens is 254 g/mol. The Bertz CT molecular complexity index is 435. The molecule has 17 heavy (non-hydrogen) atoms. The third-order valence-electron chi connectivity index (χ3n) is 3.37. The second kappa shape index (κ2) is 5.32. The van der Waals surface area contributed by atoms with E-state index in [0.717, 1.165) is 11.3 Å². The van der Waals surface area contributed by atoms with Crippen LogP contribution in [0.1, 0.15) is 36.5 Å². The lowest BCUT2D eigenvalue weighted by Crippen LogP contribution is -2.36. The molecule has 0 aliphatic heterocycles. The molecule has 92 valence electrons. The first-order valence-corrected chi connectivity index (χ1v) is 6.70. The van der Waals surface area contributed by atoms with Crippen molar-refractivity contribution >= 4 is 30.1 Å². The van der Waals surface area contributed by atoms with E-state index in [9.17, 15) is 4.79 Å². The third kappa shape index (κ3) is 2.96. The fraction of sp³-hybridized carbons (Fsp3) is 0.462. The van der Waals surface area contributed by atoms with Gasteiger partial charge in [0.05, 0.1) is 10.6 Å². The monoisotopic (exact) mass is 269 g/mol. The summed E-state index contributed by atoms with van der Waals surface area (Å²) in [5, 5.41) is 3.53. The predicted octanol–water partition coefficient (Wildman–Crippen LogP) is 3.55. The van der Waals surface area contributed by atoms with Gasteiger partial charge in [0.25, 0.3) is 5.91 Å². The highest BCUT2D eigenvalue weighted by atomic mass is 35.5. The van der Waals surface area contributed by atoms with Crippen LogP contribution < -0.4 is 5.32 Å². The average Bonchev–Trinajstić information content (AvgIpc) is 2.68. The Labute approximate surface area is 112 Å². The molecule has 1 fully saturated rings. The Morgan fingerprint density at radius 1 is 1.47 bits per heavy atom. The number of nitrogens with one attached hydrogen (secondary N) is 1. The Hall–Kier alpha value is -0.670. The van der Waals surface area contributed by atoms with Crippen LogP contribution in [0.3, 0.4) is 0 Å². The summed E-state index contributed by atoms with van der Waals surface area (Å²) in [4.78, 5) is 12.8. The van der Waals surface area contributed by atoms with Crippen molar-refractivity contribution in [3.05, 3.63) is 28.8 Å².